The molecule has 3 rings (SSSR count). The molecule has 0 aliphatic carbocycles. The summed E-state index contributed by atoms with van der Waals surface area (Å²) in [6.07, 6.45) is 1.48. The smallest absolute Gasteiger partial charge is 0.120 e. The minimum Gasteiger partial charge on any atom is -0.239 e. The Morgan fingerprint density at radius 3 is 2.80 bits per heavy atom. The summed E-state index contributed by atoms with van der Waals surface area (Å²) in [5.74, 6) is 0. The molecule has 0 aromatic heterocycles. The van der Waals surface area contributed by atoms with Gasteiger partial charge in [-0.15, -0.1) is 5.01 Å². The van der Waals surface area contributed by atoms with E-state index < -0.39 is 0 Å². The van der Waals surface area contributed by atoms with Crippen molar-refractivity contribution < 1.29 is 4.59 Å². The normalized spacial score (nSPS) is 63.6. The highest BCUT2D eigenvalue weighted by molar-refractivity contribution is 5.10. The number of likely N-dealkylation sites (N-methyl/N-ethyl adjacent to an activating group) is 1. The molecule has 2 nitrogen and oxygen atoms in total. The lowest BCUT2D eigenvalue weighted by Crippen LogP contribution is -3.01. The molecule has 3 aliphatic heterocycles. The Hall–Kier alpha value is -0.0800. The maximum Gasteiger partial charge on any atom is 0.120 e. The van der Waals surface area contributed by atoms with Crippen LogP contribution in [0.1, 0.15) is 20.3 Å². The fraction of sp³-hybridized carbons (Fsp3) is 1.00. The van der Waals surface area contributed by atoms with Crippen molar-refractivity contribution in [3.63, 3.8) is 0 Å². The van der Waals surface area contributed by atoms with Gasteiger partial charge in [0.1, 0.15) is 24.7 Å². The average Bonchev–Trinajstić information content (AvgIpc) is 1.84. The van der Waals surface area contributed by atoms with Crippen LogP contribution in [0, 0.1) is 0 Å². The fourth-order valence-corrected chi connectivity index (χ4v) is 3.63. The molecule has 3 aliphatic rings. The van der Waals surface area contributed by atoms with Gasteiger partial charge >= 0.3 is 0 Å². The van der Waals surface area contributed by atoms with Crippen LogP contribution in [0.3, 0.4) is 0 Å². The van der Waals surface area contributed by atoms with Crippen LogP contribution in [0.5, 0.6) is 0 Å². The molecule has 0 bridgehead atoms. The molecular weight excluding hydrogens is 124 g/mol. The van der Waals surface area contributed by atoms with E-state index >= 15 is 0 Å². The van der Waals surface area contributed by atoms with Gasteiger partial charge in [-0.05, 0) is 13.8 Å². The summed E-state index contributed by atoms with van der Waals surface area (Å²) in [5.41, 5.74) is 0.652. The van der Waals surface area contributed by atoms with Crippen LogP contribution in [0.4, 0.5) is 0 Å². The van der Waals surface area contributed by atoms with Crippen LogP contribution in [0.15, 0.2) is 0 Å². The summed E-state index contributed by atoms with van der Waals surface area (Å²) in [5, 5.41) is 2.70. The Balaban J connectivity index is 1.90. The van der Waals surface area contributed by atoms with Crippen molar-refractivity contribution in [2.45, 2.75) is 31.8 Å². The van der Waals surface area contributed by atoms with Gasteiger partial charge in [0.05, 0.1) is 6.54 Å². The second-order valence-electron chi connectivity index (χ2n) is 4.45. The summed E-state index contributed by atoms with van der Waals surface area (Å²) in [6, 6.07) is 0.985. The number of hydrogen-bond donors (Lipinski definition) is 0. The summed E-state index contributed by atoms with van der Waals surface area (Å²) in [7, 11) is 0. The van der Waals surface area contributed by atoms with Crippen LogP contribution in [0.2, 0.25) is 0 Å². The first-order valence-electron chi connectivity index (χ1n) is 4.36. The van der Waals surface area contributed by atoms with Gasteiger partial charge in [0.15, 0.2) is 0 Å². The largest absolute Gasteiger partial charge is 0.239 e. The van der Waals surface area contributed by atoms with Gasteiger partial charge < -0.3 is 0 Å². The quantitative estimate of drug-likeness (QED) is 0.481. The maximum atomic E-state index is 2.70. The topological polar surface area (TPSA) is 3.24 Å². The molecule has 3 atom stereocenters. The predicted molar refractivity (Wildman–Crippen MR) is 39.2 cm³/mol. The van der Waals surface area contributed by atoms with E-state index in [1.807, 2.05) is 0 Å². The third-order valence-electron chi connectivity index (χ3n) is 3.81. The number of piperazine rings is 1. The highest BCUT2D eigenvalue weighted by atomic mass is 15.9. The zero-order valence-electron chi connectivity index (χ0n) is 6.80. The molecule has 3 fully saturated rings. The van der Waals surface area contributed by atoms with Gasteiger partial charge in [0, 0.05) is 6.42 Å². The maximum absolute atomic E-state index is 2.70. The van der Waals surface area contributed by atoms with E-state index in [1.54, 1.807) is 0 Å². The van der Waals surface area contributed by atoms with Crippen LogP contribution in [-0.2, 0) is 0 Å². The number of hydrogen-bond acceptors (Lipinski definition) is 1. The third-order valence-corrected chi connectivity index (χ3v) is 3.81. The van der Waals surface area contributed by atoms with Crippen LogP contribution in [-0.4, -0.2) is 40.8 Å². The second-order valence-corrected chi connectivity index (χ2v) is 4.45. The molecule has 10 heavy (non-hydrogen) atoms. The Kier molecular flexibility index (Phi) is 0.647. The van der Waals surface area contributed by atoms with E-state index in [-0.39, 0.29) is 0 Å². The number of nitrogens with zero attached hydrogens (tertiary/aromatic N) is 2. The van der Waals surface area contributed by atoms with Gasteiger partial charge in [-0.3, -0.25) is 0 Å². The van der Waals surface area contributed by atoms with Gasteiger partial charge in [0.2, 0.25) is 0 Å². The fourth-order valence-electron chi connectivity index (χ4n) is 3.63. The van der Waals surface area contributed by atoms with Gasteiger partial charge in [-0.2, -0.15) is 0 Å². The molecule has 3 heterocycles. The Bertz CT molecular complexity index is 203. The van der Waals surface area contributed by atoms with Crippen molar-refractivity contribution >= 4 is 0 Å². The lowest BCUT2D eigenvalue weighted by molar-refractivity contribution is -1.16. The van der Waals surface area contributed by atoms with Crippen molar-refractivity contribution in [2.75, 3.05) is 19.6 Å². The van der Waals surface area contributed by atoms with Crippen LogP contribution < -0.4 is 0 Å². The lowest BCUT2D eigenvalue weighted by atomic mass is 9.69. The van der Waals surface area contributed by atoms with Crippen molar-refractivity contribution in [3.8, 4) is 0 Å². The standard InChI is InChI=1S/C8H15N2/c1-3-10-5-7-4-8(2,6-10)9(7)10/h7H,3-6H2,1-2H3/q+1. The molecule has 0 aromatic carbocycles. The Labute approximate surface area is 62.0 Å². The third kappa shape index (κ3) is 0.311. The van der Waals surface area contributed by atoms with Crippen molar-refractivity contribution in [1.29, 1.82) is 0 Å². The first-order valence-corrected chi connectivity index (χ1v) is 4.36. The van der Waals surface area contributed by atoms with Crippen molar-refractivity contribution in [1.82, 2.24) is 5.01 Å². The second kappa shape index (κ2) is 1.16. The molecule has 3 unspecified atom stereocenters. The molecule has 56 valence electrons. The molecule has 2 heteroatoms. The van der Waals surface area contributed by atoms with Crippen LogP contribution >= 0.6 is 0 Å². The zero-order chi connectivity index (χ0) is 6.98. The molecule has 0 spiro atoms. The summed E-state index contributed by atoms with van der Waals surface area (Å²) in [6.45, 7) is 8.93. The number of quaternary nitrogens is 1. The highest BCUT2D eigenvalue weighted by Crippen LogP contribution is 2.59. The van der Waals surface area contributed by atoms with Crippen molar-refractivity contribution in [3.05, 3.63) is 0 Å². The minimum absolute atomic E-state index is 0.652. The van der Waals surface area contributed by atoms with Gasteiger partial charge in [-0.1, -0.05) is 0 Å². The summed E-state index contributed by atoms with van der Waals surface area (Å²) >= 11 is 0. The molecular formula is C8H15N2+. The van der Waals surface area contributed by atoms with Crippen LogP contribution in [0.25, 0.3) is 0 Å². The van der Waals surface area contributed by atoms with E-state index in [1.165, 1.54) is 30.6 Å². The molecule has 0 saturated carbocycles. The SMILES string of the molecule is CC[N+]12CC3CC(C)(C1)N32. The van der Waals surface area contributed by atoms with E-state index in [0.717, 1.165) is 6.04 Å². The first-order chi connectivity index (χ1) is 4.70. The van der Waals surface area contributed by atoms with Crippen molar-refractivity contribution in [2.24, 2.45) is 0 Å². The summed E-state index contributed by atoms with van der Waals surface area (Å²) in [4.78, 5) is 0. The molecule has 0 aromatic rings. The Morgan fingerprint density at radius 1 is 1.70 bits per heavy atom. The predicted octanol–water partition coefficient (Wildman–Crippen LogP) is 0.598. The molecule has 0 radical (unpaired) electrons. The number of rotatable bonds is 1. The first kappa shape index (κ1) is 5.56. The van der Waals surface area contributed by atoms with E-state index in [9.17, 15) is 0 Å². The summed E-state index contributed by atoms with van der Waals surface area (Å²) < 4.78 is 1.33. The highest BCUT2D eigenvalue weighted by Gasteiger charge is 2.79. The van der Waals surface area contributed by atoms with Gasteiger partial charge in [-0.25, -0.2) is 4.59 Å². The molecule has 3 saturated heterocycles. The lowest BCUT2D eigenvalue weighted by Gasteiger charge is -2.80. The zero-order valence-corrected chi connectivity index (χ0v) is 6.80. The number of piperidine rings is 1. The van der Waals surface area contributed by atoms with E-state index in [0.29, 0.717) is 5.54 Å². The minimum atomic E-state index is 0.652. The molecule has 0 N–H and O–H groups in total. The molecule has 0 amide bonds. The average molecular weight is 139 g/mol. The van der Waals surface area contributed by atoms with E-state index in [2.05, 4.69) is 18.9 Å². The monoisotopic (exact) mass is 139 g/mol. The Morgan fingerprint density at radius 2 is 2.50 bits per heavy atom. The van der Waals surface area contributed by atoms with E-state index in [4.69, 9.17) is 0 Å². The van der Waals surface area contributed by atoms with Gasteiger partial charge in [0.25, 0.3) is 0 Å².